The third kappa shape index (κ3) is 1.21. The van der Waals surface area contributed by atoms with Crippen LogP contribution in [0.2, 0.25) is 0 Å². The molecule has 0 unspecified atom stereocenters. The van der Waals surface area contributed by atoms with Crippen molar-refractivity contribution < 1.29 is 0 Å². The van der Waals surface area contributed by atoms with Crippen LogP contribution in [0.1, 0.15) is 12.1 Å². The Morgan fingerprint density at radius 3 is 3.06 bits per heavy atom. The maximum absolute atomic E-state index is 4.72. The van der Waals surface area contributed by atoms with E-state index in [1.54, 1.807) is 0 Å². The number of hydrogen-bond donors (Lipinski definition) is 0. The highest BCUT2D eigenvalue weighted by Gasteiger charge is 2.07. The lowest BCUT2D eigenvalue weighted by atomic mass is 10.1. The zero-order chi connectivity index (χ0) is 11.2. The number of nitrogens with zero attached hydrogens (tertiary/aromatic N) is 2. The molecule has 0 amide bonds. The summed E-state index contributed by atoms with van der Waals surface area (Å²) in [6.45, 7) is 0. The van der Waals surface area contributed by atoms with Gasteiger partial charge in [0.15, 0.2) is 0 Å². The summed E-state index contributed by atoms with van der Waals surface area (Å²) in [5.74, 6) is 0. The van der Waals surface area contributed by atoms with Crippen molar-refractivity contribution in [2.45, 2.75) is 6.42 Å². The number of aromatic nitrogens is 1. The molecule has 0 bridgehead atoms. The van der Waals surface area contributed by atoms with E-state index in [4.69, 9.17) is 4.98 Å². The van der Waals surface area contributed by atoms with E-state index in [0.29, 0.717) is 0 Å². The zero-order valence-electron chi connectivity index (χ0n) is 9.22. The first kappa shape index (κ1) is 8.88. The van der Waals surface area contributed by atoms with Crippen molar-refractivity contribution in [1.29, 1.82) is 0 Å². The molecule has 0 spiro atoms. The molecule has 1 aliphatic heterocycles. The molecule has 2 aliphatic rings. The van der Waals surface area contributed by atoms with Crippen molar-refractivity contribution >= 4 is 17.8 Å². The van der Waals surface area contributed by atoms with Gasteiger partial charge in [-0.05, 0) is 29.8 Å². The van der Waals surface area contributed by atoms with E-state index in [2.05, 4.69) is 35.4 Å². The largest absolute Gasteiger partial charge is 0.246 e. The second-order valence-electron chi connectivity index (χ2n) is 4.30. The fourth-order valence-electron chi connectivity index (χ4n) is 2.39. The molecule has 2 heterocycles. The van der Waals surface area contributed by atoms with Gasteiger partial charge in [0.1, 0.15) is 0 Å². The SMILES string of the molecule is C1=Cc2nc3c(cc2=CC1)N=c1ccccc1=3. The van der Waals surface area contributed by atoms with E-state index in [1.807, 2.05) is 18.2 Å². The lowest BCUT2D eigenvalue weighted by Gasteiger charge is -2.01. The molecule has 1 aromatic heterocycles. The summed E-state index contributed by atoms with van der Waals surface area (Å²) in [6.07, 6.45) is 7.41. The minimum Gasteiger partial charge on any atom is -0.246 e. The third-order valence-electron chi connectivity index (χ3n) is 3.21. The van der Waals surface area contributed by atoms with Crippen LogP contribution >= 0.6 is 0 Å². The van der Waals surface area contributed by atoms with E-state index in [-0.39, 0.29) is 0 Å². The summed E-state index contributed by atoms with van der Waals surface area (Å²) >= 11 is 0. The molecule has 0 radical (unpaired) electrons. The molecule has 0 N–H and O–H groups in total. The summed E-state index contributed by atoms with van der Waals surface area (Å²) < 4.78 is 0. The number of hydrogen-bond acceptors (Lipinski definition) is 2. The second kappa shape index (κ2) is 3.14. The Kier molecular flexibility index (Phi) is 1.64. The van der Waals surface area contributed by atoms with Gasteiger partial charge in [0, 0.05) is 5.22 Å². The normalized spacial score (nSPS) is 14.4. The Morgan fingerprint density at radius 2 is 2.06 bits per heavy atom. The Labute approximate surface area is 98.0 Å². The zero-order valence-corrected chi connectivity index (χ0v) is 9.22. The molecule has 0 fully saturated rings. The van der Waals surface area contributed by atoms with E-state index >= 15 is 0 Å². The summed E-state index contributed by atoms with van der Waals surface area (Å²) in [5, 5.41) is 4.38. The van der Waals surface area contributed by atoms with Crippen molar-refractivity contribution in [1.82, 2.24) is 4.98 Å². The molecule has 1 aliphatic carbocycles. The molecule has 1 aromatic carbocycles. The number of rotatable bonds is 0. The van der Waals surface area contributed by atoms with Crippen LogP contribution in [0.25, 0.3) is 12.2 Å². The van der Waals surface area contributed by atoms with E-state index in [1.165, 1.54) is 5.22 Å². The molecular weight excluding hydrogens is 208 g/mol. The van der Waals surface area contributed by atoms with Gasteiger partial charge in [-0.2, -0.15) is 0 Å². The van der Waals surface area contributed by atoms with Gasteiger partial charge < -0.3 is 0 Å². The van der Waals surface area contributed by atoms with Crippen LogP contribution < -0.4 is 10.6 Å². The molecule has 2 heteroatoms. The average Bonchev–Trinajstić information content (AvgIpc) is 2.73. The first-order valence-electron chi connectivity index (χ1n) is 5.78. The monoisotopic (exact) mass is 218 g/mol. The predicted molar refractivity (Wildman–Crippen MR) is 66.9 cm³/mol. The highest BCUT2D eigenvalue weighted by molar-refractivity contribution is 5.57. The third-order valence-corrected chi connectivity index (χ3v) is 3.21. The average molecular weight is 218 g/mol. The van der Waals surface area contributed by atoms with Crippen LogP contribution in [0.4, 0.5) is 5.69 Å². The molecule has 0 saturated carbocycles. The van der Waals surface area contributed by atoms with Crippen molar-refractivity contribution in [3.63, 3.8) is 0 Å². The van der Waals surface area contributed by atoms with Gasteiger partial charge in [0.05, 0.1) is 22.1 Å². The highest BCUT2D eigenvalue weighted by Crippen LogP contribution is 2.15. The molecule has 17 heavy (non-hydrogen) atoms. The standard InChI is InChI=1S/C15H10N2/c1-3-7-12-10(5-1)9-14-15(17-12)11-6-2-4-8-13(11)16-14/h2-9H,1H2. The van der Waals surface area contributed by atoms with Gasteiger partial charge in [-0.3, -0.25) is 0 Å². The van der Waals surface area contributed by atoms with Crippen molar-refractivity contribution in [3.8, 4) is 0 Å². The quantitative estimate of drug-likeness (QED) is 0.565. The topological polar surface area (TPSA) is 25.2 Å². The Morgan fingerprint density at radius 1 is 1.12 bits per heavy atom. The molecule has 0 saturated heterocycles. The fourth-order valence-corrected chi connectivity index (χ4v) is 2.39. The minimum absolute atomic E-state index is 0.987. The molecule has 4 rings (SSSR count). The maximum atomic E-state index is 4.72. The van der Waals surface area contributed by atoms with Crippen LogP contribution in [0, 0.1) is 10.6 Å². The number of benzene rings is 1. The maximum Gasteiger partial charge on any atom is 0.0988 e. The highest BCUT2D eigenvalue weighted by atomic mass is 14.8. The number of pyridine rings is 1. The van der Waals surface area contributed by atoms with Crippen molar-refractivity contribution in [3.05, 3.63) is 63.2 Å². The van der Waals surface area contributed by atoms with Crippen LogP contribution in [0.5, 0.6) is 0 Å². The molecule has 2 nitrogen and oxygen atoms in total. The van der Waals surface area contributed by atoms with Gasteiger partial charge in [-0.25, -0.2) is 9.98 Å². The molecular formula is C15H10N2. The number of para-hydroxylation sites is 1. The summed E-state index contributed by atoms with van der Waals surface area (Å²) in [6, 6.07) is 10.3. The Hall–Kier alpha value is -2.22. The lowest BCUT2D eigenvalue weighted by molar-refractivity contribution is 1.18. The molecule has 80 valence electrons. The second-order valence-corrected chi connectivity index (χ2v) is 4.30. The first-order valence-corrected chi connectivity index (χ1v) is 5.78. The van der Waals surface area contributed by atoms with Gasteiger partial charge in [-0.15, -0.1) is 0 Å². The van der Waals surface area contributed by atoms with Gasteiger partial charge in [0.25, 0.3) is 0 Å². The number of allylic oxidation sites excluding steroid dienone is 1. The fraction of sp³-hybridized carbons (Fsp3) is 0.0667. The number of fused-ring (bicyclic) bond motifs is 3. The molecule has 2 aromatic rings. The van der Waals surface area contributed by atoms with E-state index < -0.39 is 0 Å². The Bertz CT molecular complexity index is 861. The minimum atomic E-state index is 0.987. The van der Waals surface area contributed by atoms with Gasteiger partial charge in [-0.1, -0.05) is 30.4 Å². The summed E-state index contributed by atoms with van der Waals surface area (Å²) in [4.78, 5) is 9.34. The molecule has 0 atom stereocenters. The predicted octanol–water partition coefficient (Wildman–Crippen LogP) is 1.83. The Balaban J connectivity index is 2.26. The van der Waals surface area contributed by atoms with Crippen LogP contribution in [0.3, 0.4) is 0 Å². The van der Waals surface area contributed by atoms with E-state index in [0.717, 1.165) is 33.7 Å². The van der Waals surface area contributed by atoms with Crippen molar-refractivity contribution in [2.75, 3.05) is 0 Å². The van der Waals surface area contributed by atoms with Crippen LogP contribution in [0.15, 0.2) is 41.4 Å². The van der Waals surface area contributed by atoms with Gasteiger partial charge >= 0.3 is 0 Å². The van der Waals surface area contributed by atoms with Crippen LogP contribution in [-0.4, -0.2) is 4.98 Å². The summed E-state index contributed by atoms with van der Waals surface area (Å²) in [5.41, 5.74) is 2.05. The van der Waals surface area contributed by atoms with Crippen molar-refractivity contribution in [2.24, 2.45) is 4.99 Å². The van der Waals surface area contributed by atoms with Gasteiger partial charge in [0.2, 0.25) is 0 Å². The van der Waals surface area contributed by atoms with Crippen LogP contribution in [-0.2, 0) is 0 Å². The first-order chi connectivity index (χ1) is 8.42. The lowest BCUT2D eigenvalue weighted by Crippen LogP contribution is -2.09. The van der Waals surface area contributed by atoms with E-state index in [9.17, 15) is 0 Å². The smallest absolute Gasteiger partial charge is 0.0988 e. The summed E-state index contributed by atoms with van der Waals surface area (Å²) in [7, 11) is 0.